The molecule has 0 radical (unpaired) electrons. The number of ether oxygens (including phenoxy) is 1. The van der Waals surface area contributed by atoms with Crippen LogP contribution < -0.4 is 15.4 Å². The van der Waals surface area contributed by atoms with Gasteiger partial charge in [-0.05, 0) is 25.2 Å². The third kappa shape index (κ3) is 4.70. The molecule has 1 aliphatic rings. The van der Waals surface area contributed by atoms with Crippen molar-refractivity contribution >= 4 is 34.0 Å². The Kier molecular flexibility index (Phi) is 6.33. The number of methoxy groups -OCH3 is 1. The lowest BCUT2D eigenvalue weighted by molar-refractivity contribution is -0.122. The summed E-state index contributed by atoms with van der Waals surface area (Å²) in [5, 5.41) is 12.5. The van der Waals surface area contributed by atoms with Gasteiger partial charge >= 0.3 is 0 Å². The highest BCUT2D eigenvalue weighted by atomic mass is 32.1. The van der Waals surface area contributed by atoms with Crippen LogP contribution in [-0.4, -0.2) is 33.7 Å². The average molecular weight is 406 g/mol. The van der Waals surface area contributed by atoms with Gasteiger partial charge in [-0.25, -0.2) is 9.67 Å². The Morgan fingerprint density at radius 2 is 1.89 bits per heavy atom. The molecule has 0 unspecified atom stereocenters. The number of aryl methyl sites for hydroxylation is 2. The number of carbonyl (C=O) groups excluding carboxylic acids is 2. The highest BCUT2D eigenvalue weighted by molar-refractivity contribution is 7.13. The van der Waals surface area contributed by atoms with E-state index in [9.17, 15) is 9.59 Å². The second-order valence-electron chi connectivity index (χ2n) is 7.44. The maximum absolute atomic E-state index is 12.9. The molecule has 0 spiro atoms. The first kappa shape index (κ1) is 20.3. The minimum atomic E-state index is -0.326. The Balaban J connectivity index is 1.69. The van der Waals surface area contributed by atoms with Crippen molar-refractivity contribution in [1.29, 1.82) is 0 Å². The number of nitrogens with one attached hydrogen (secondary N) is 2. The molecule has 0 bridgehead atoms. The smallest absolute Gasteiger partial charge is 0.236 e. The van der Waals surface area contributed by atoms with Crippen molar-refractivity contribution in [2.24, 2.45) is 12.5 Å². The molecule has 0 saturated heterocycles. The zero-order valence-electron chi connectivity index (χ0n) is 16.6. The van der Waals surface area contributed by atoms with Crippen molar-refractivity contribution in [2.45, 2.75) is 51.9 Å². The fourth-order valence-electron chi connectivity index (χ4n) is 4.05. The largest absolute Gasteiger partial charge is 0.480 e. The first-order chi connectivity index (χ1) is 13.4. The maximum Gasteiger partial charge on any atom is 0.236 e. The van der Waals surface area contributed by atoms with Gasteiger partial charge < -0.3 is 15.4 Å². The topological polar surface area (TPSA) is 98.1 Å². The van der Waals surface area contributed by atoms with Gasteiger partial charge in [-0.1, -0.05) is 19.3 Å². The number of carbonyl (C=O) groups is 2. The summed E-state index contributed by atoms with van der Waals surface area (Å²) >= 11 is 1.39. The second kappa shape index (κ2) is 8.72. The fraction of sp³-hybridized carbons (Fsp3) is 0.579. The van der Waals surface area contributed by atoms with Crippen LogP contribution in [0.15, 0.2) is 11.6 Å². The van der Waals surface area contributed by atoms with Crippen LogP contribution in [0, 0.1) is 12.3 Å². The van der Waals surface area contributed by atoms with E-state index in [1.54, 1.807) is 25.0 Å². The monoisotopic (exact) mass is 405 g/mol. The van der Waals surface area contributed by atoms with Gasteiger partial charge in [0.1, 0.15) is 5.69 Å². The molecule has 0 aromatic carbocycles. The highest BCUT2D eigenvalue weighted by Gasteiger charge is 2.37. The number of hydrogen-bond acceptors (Lipinski definition) is 6. The molecule has 0 atom stereocenters. The zero-order valence-corrected chi connectivity index (χ0v) is 17.4. The average Bonchev–Trinajstić information content (AvgIpc) is 3.23. The normalized spacial score (nSPS) is 15.8. The summed E-state index contributed by atoms with van der Waals surface area (Å²) in [6.45, 7) is 1.83. The van der Waals surface area contributed by atoms with E-state index in [0.717, 1.165) is 32.1 Å². The molecule has 8 nitrogen and oxygen atoms in total. The first-order valence-electron chi connectivity index (χ1n) is 9.49. The minimum Gasteiger partial charge on any atom is -0.480 e. The molecule has 1 fully saturated rings. The molecule has 28 heavy (non-hydrogen) atoms. The predicted octanol–water partition coefficient (Wildman–Crippen LogP) is 3.50. The van der Waals surface area contributed by atoms with E-state index in [1.165, 1.54) is 11.3 Å². The Bertz CT molecular complexity index is 825. The summed E-state index contributed by atoms with van der Waals surface area (Å²) in [6, 6.07) is 0. The van der Waals surface area contributed by atoms with Crippen molar-refractivity contribution < 1.29 is 14.3 Å². The van der Waals surface area contributed by atoms with Crippen molar-refractivity contribution in [1.82, 2.24) is 14.8 Å². The van der Waals surface area contributed by atoms with Gasteiger partial charge in [-0.3, -0.25) is 9.59 Å². The van der Waals surface area contributed by atoms with Gasteiger partial charge in [0.25, 0.3) is 0 Å². The number of rotatable bonds is 7. The molecule has 2 N–H and O–H groups in total. The first-order valence-corrected chi connectivity index (χ1v) is 10.4. The second-order valence-corrected chi connectivity index (χ2v) is 8.34. The summed E-state index contributed by atoms with van der Waals surface area (Å²) in [6.07, 6.45) is 7.24. The minimum absolute atomic E-state index is 0.0835. The van der Waals surface area contributed by atoms with E-state index >= 15 is 0 Å². The predicted molar refractivity (Wildman–Crippen MR) is 109 cm³/mol. The Morgan fingerprint density at radius 3 is 2.50 bits per heavy atom. The van der Waals surface area contributed by atoms with Gasteiger partial charge in [0.05, 0.1) is 12.8 Å². The molecular formula is C19H27N5O3S. The maximum atomic E-state index is 12.9. The van der Waals surface area contributed by atoms with Crippen LogP contribution in [0.25, 0.3) is 0 Å². The summed E-state index contributed by atoms with van der Waals surface area (Å²) < 4.78 is 6.95. The van der Waals surface area contributed by atoms with Crippen LogP contribution >= 0.6 is 11.3 Å². The number of aromatic nitrogens is 3. The third-order valence-electron chi connectivity index (χ3n) is 5.29. The Hall–Kier alpha value is -2.42. The zero-order chi connectivity index (χ0) is 20.1. The van der Waals surface area contributed by atoms with Crippen LogP contribution in [0.5, 0.6) is 5.88 Å². The van der Waals surface area contributed by atoms with Gasteiger partial charge in [0.15, 0.2) is 5.13 Å². The lowest BCUT2D eigenvalue weighted by Gasteiger charge is -2.36. The van der Waals surface area contributed by atoms with E-state index in [4.69, 9.17) is 4.74 Å². The van der Waals surface area contributed by atoms with Crippen LogP contribution in [0.1, 0.15) is 50.6 Å². The number of amides is 2. The van der Waals surface area contributed by atoms with Crippen LogP contribution in [0.3, 0.4) is 0 Å². The van der Waals surface area contributed by atoms with Gasteiger partial charge in [0.2, 0.25) is 17.7 Å². The van der Waals surface area contributed by atoms with E-state index in [2.05, 4.69) is 20.7 Å². The molecule has 2 aromatic rings. The number of thiazole rings is 1. The van der Waals surface area contributed by atoms with Gasteiger partial charge in [-0.15, -0.1) is 11.3 Å². The number of anilines is 2. The molecule has 2 heterocycles. The standard InChI is InChI=1S/C19H27N5O3S/c1-13-16(17(27-3)24(2)23-13)21-14(25)11-19(7-5-4-6-8-19)12-15(26)22-18-20-9-10-28-18/h9-10H,4-8,11-12H2,1-3H3,(H,21,25)(H,20,22,26). The summed E-state index contributed by atoms with van der Waals surface area (Å²) in [7, 11) is 3.32. The Morgan fingerprint density at radius 1 is 1.21 bits per heavy atom. The molecule has 9 heteroatoms. The van der Waals surface area contributed by atoms with E-state index in [-0.39, 0.29) is 17.2 Å². The molecule has 1 saturated carbocycles. The van der Waals surface area contributed by atoms with E-state index in [1.807, 2.05) is 12.3 Å². The van der Waals surface area contributed by atoms with Gasteiger partial charge in [-0.2, -0.15) is 5.10 Å². The van der Waals surface area contributed by atoms with Crippen molar-refractivity contribution in [3.05, 3.63) is 17.3 Å². The molecule has 0 aliphatic heterocycles. The van der Waals surface area contributed by atoms with Gasteiger partial charge in [0, 0.05) is 31.5 Å². The summed E-state index contributed by atoms with van der Waals surface area (Å²) in [5.74, 6) is 0.322. The lowest BCUT2D eigenvalue weighted by Crippen LogP contribution is -2.34. The summed E-state index contributed by atoms with van der Waals surface area (Å²) in [4.78, 5) is 29.5. The lowest BCUT2D eigenvalue weighted by atomic mass is 9.69. The molecular weight excluding hydrogens is 378 g/mol. The van der Waals surface area contributed by atoms with Crippen LogP contribution in [-0.2, 0) is 16.6 Å². The van der Waals surface area contributed by atoms with E-state index < -0.39 is 0 Å². The van der Waals surface area contributed by atoms with Crippen LogP contribution in [0.2, 0.25) is 0 Å². The number of hydrogen-bond donors (Lipinski definition) is 2. The molecule has 152 valence electrons. The Labute approximate surface area is 168 Å². The van der Waals surface area contributed by atoms with E-state index in [0.29, 0.717) is 35.2 Å². The quantitative estimate of drug-likeness (QED) is 0.735. The highest BCUT2D eigenvalue weighted by Crippen LogP contribution is 2.43. The van der Waals surface area contributed by atoms with Crippen LogP contribution in [0.4, 0.5) is 10.8 Å². The molecule has 1 aliphatic carbocycles. The summed E-state index contributed by atoms with van der Waals surface area (Å²) in [5.41, 5.74) is 0.965. The van der Waals surface area contributed by atoms with Crippen molar-refractivity contribution in [3.8, 4) is 5.88 Å². The number of nitrogens with zero attached hydrogens (tertiary/aromatic N) is 3. The third-order valence-corrected chi connectivity index (χ3v) is 5.98. The molecule has 2 aromatic heterocycles. The fourth-order valence-corrected chi connectivity index (χ4v) is 4.59. The SMILES string of the molecule is COc1c(NC(=O)CC2(CC(=O)Nc3nccs3)CCCCC2)c(C)nn1C. The molecule has 3 rings (SSSR count). The molecule has 2 amide bonds. The van der Waals surface area contributed by atoms with Crippen molar-refractivity contribution in [3.63, 3.8) is 0 Å². The van der Waals surface area contributed by atoms with Crippen molar-refractivity contribution in [2.75, 3.05) is 17.7 Å².